The van der Waals surface area contributed by atoms with Crippen LogP contribution in [0.25, 0.3) is 0 Å². The Hall–Kier alpha value is -5.97. The Morgan fingerprint density at radius 2 is 1.61 bits per heavy atom. The van der Waals surface area contributed by atoms with Crippen LogP contribution >= 0.6 is 0 Å². The summed E-state index contributed by atoms with van der Waals surface area (Å²) in [6.07, 6.45) is 3.26. The van der Waals surface area contributed by atoms with E-state index >= 15 is 0 Å². The van der Waals surface area contributed by atoms with Gasteiger partial charge in [-0.05, 0) is 91.2 Å². The van der Waals surface area contributed by atoms with Gasteiger partial charge in [0.05, 0.1) is 36.7 Å². The summed E-state index contributed by atoms with van der Waals surface area (Å²) in [7, 11) is 1.42. The summed E-state index contributed by atoms with van der Waals surface area (Å²) in [6, 6.07) is 24.9. The van der Waals surface area contributed by atoms with Crippen molar-refractivity contribution in [3.63, 3.8) is 0 Å². The summed E-state index contributed by atoms with van der Waals surface area (Å²) in [5.41, 5.74) is 4.88. The number of nitrogens with one attached hydrogen (secondary N) is 3. The van der Waals surface area contributed by atoms with Crippen LogP contribution in [0.15, 0.2) is 96.1 Å². The van der Waals surface area contributed by atoms with Gasteiger partial charge in [-0.2, -0.15) is 5.10 Å². The van der Waals surface area contributed by atoms with Crippen LogP contribution in [0, 0.1) is 6.92 Å². The number of anilines is 2. The first-order chi connectivity index (χ1) is 22.3. The van der Waals surface area contributed by atoms with Crippen LogP contribution in [0.4, 0.5) is 11.4 Å². The molecule has 46 heavy (non-hydrogen) atoms. The van der Waals surface area contributed by atoms with Gasteiger partial charge in [0, 0.05) is 5.69 Å². The van der Waals surface area contributed by atoms with Gasteiger partial charge in [-0.3, -0.25) is 14.4 Å². The molecule has 0 spiro atoms. The number of hydrogen-bond acceptors (Lipinski definition) is 8. The van der Waals surface area contributed by atoms with E-state index in [-0.39, 0.29) is 22.7 Å². The largest absolute Gasteiger partial charge is 0.494 e. The smallest absolute Gasteiger partial charge is 0.343 e. The van der Waals surface area contributed by atoms with Gasteiger partial charge in [0.1, 0.15) is 5.75 Å². The third-order valence-corrected chi connectivity index (χ3v) is 6.53. The van der Waals surface area contributed by atoms with Gasteiger partial charge in [0.15, 0.2) is 11.5 Å². The third-order valence-electron chi connectivity index (χ3n) is 6.53. The van der Waals surface area contributed by atoms with Crippen molar-refractivity contribution in [2.45, 2.75) is 26.7 Å². The number of aryl methyl sites for hydroxylation is 1. The fourth-order valence-electron chi connectivity index (χ4n) is 4.14. The average molecular weight is 623 g/mol. The van der Waals surface area contributed by atoms with E-state index in [1.807, 2.05) is 25.1 Å². The zero-order valence-electron chi connectivity index (χ0n) is 25.7. The lowest BCUT2D eigenvalue weighted by molar-refractivity contribution is -0.136. The molecular formula is C35H34N4O7. The Bertz CT molecular complexity index is 1740. The molecule has 0 aliphatic carbocycles. The van der Waals surface area contributed by atoms with E-state index in [9.17, 15) is 19.2 Å². The summed E-state index contributed by atoms with van der Waals surface area (Å²) in [5.74, 6) is -2.00. The van der Waals surface area contributed by atoms with Crippen molar-refractivity contribution < 1.29 is 33.4 Å². The first-order valence-corrected chi connectivity index (χ1v) is 14.5. The molecule has 11 heteroatoms. The molecule has 3 N–H and O–H groups in total. The van der Waals surface area contributed by atoms with Gasteiger partial charge in [-0.15, -0.1) is 0 Å². The van der Waals surface area contributed by atoms with E-state index in [1.165, 1.54) is 31.5 Å². The zero-order valence-corrected chi connectivity index (χ0v) is 25.7. The predicted octanol–water partition coefficient (Wildman–Crippen LogP) is 5.74. The second-order valence-electron chi connectivity index (χ2n) is 10.0. The molecule has 0 fully saturated rings. The van der Waals surface area contributed by atoms with Gasteiger partial charge in [0.2, 0.25) is 0 Å². The quantitative estimate of drug-likeness (QED) is 0.0456. The minimum atomic E-state index is -1.05. The molecule has 236 valence electrons. The maximum absolute atomic E-state index is 12.9. The summed E-state index contributed by atoms with van der Waals surface area (Å²) < 4.78 is 16.5. The minimum absolute atomic E-state index is 0.155. The molecule has 4 rings (SSSR count). The van der Waals surface area contributed by atoms with Crippen LogP contribution in [0.1, 0.15) is 51.6 Å². The Balaban J connectivity index is 1.33. The number of para-hydroxylation sites is 1. The fraction of sp³-hybridized carbons (Fsp3) is 0.171. The highest BCUT2D eigenvalue weighted by Gasteiger charge is 2.18. The predicted molar refractivity (Wildman–Crippen MR) is 175 cm³/mol. The number of methoxy groups -OCH3 is 1. The highest BCUT2D eigenvalue weighted by atomic mass is 16.6. The lowest BCUT2D eigenvalue weighted by atomic mass is 10.1. The number of hydrazone groups is 1. The van der Waals surface area contributed by atoms with Crippen molar-refractivity contribution >= 4 is 41.3 Å². The van der Waals surface area contributed by atoms with E-state index in [4.69, 9.17) is 14.2 Å². The van der Waals surface area contributed by atoms with E-state index < -0.39 is 23.7 Å². The van der Waals surface area contributed by atoms with Crippen molar-refractivity contribution in [2.75, 3.05) is 24.4 Å². The van der Waals surface area contributed by atoms with Crippen molar-refractivity contribution in [3.05, 3.63) is 113 Å². The second kappa shape index (κ2) is 16.2. The van der Waals surface area contributed by atoms with E-state index in [2.05, 4.69) is 28.1 Å². The Labute approximate surface area is 266 Å². The van der Waals surface area contributed by atoms with Crippen molar-refractivity contribution in [1.82, 2.24) is 5.43 Å². The Kier molecular flexibility index (Phi) is 11.6. The Morgan fingerprint density at radius 1 is 0.826 bits per heavy atom. The molecule has 0 heterocycles. The minimum Gasteiger partial charge on any atom is -0.494 e. The molecule has 0 atom stereocenters. The van der Waals surface area contributed by atoms with Crippen LogP contribution in [-0.4, -0.2) is 43.6 Å². The first-order valence-electron chi connectivity index (χ1n) is 14.5. The monoisotopic (exact) mass is 622 g/mol. The van der Waals surface area contributed by atoms with Crippen molar-refractivity contribution in [2.24, 2.45) is 5.10 Å². The van der Waals surface area contributed by atoms with Crippen LogP contribution in [-0.2, 0) is 9.59 Å². The standard InChI is InChI=1S/C35H34N4O7/c1-4-5-19-45-27-16-14-25(15-17-27)35(43)46-30-18-13-24(21-31(30)44-3)22-36-39-34(42)33(41)38-29-12-7-6-11-28(29)32(40)37-26-10-8-9-23(2)20-26/h6-18,20-22H,4-5,19H2,1-3H3,(H,37,40)(H,38,41)(H,39,42)/b36-22-. The number of nitrogens with zero attached hydrogens (tertiary/aromatic N) is 1. The third kappa shape index (κ3) is 9.26. The lowest BCUT2D eigenvalue weighted by Gasteiger charge is -2.11. The van der Waals surface area contributed by atoms with Gasteiger partial charge >= 0.3 is 17.8 Å². The topological polar surface area (TPSA) is 144 Å². The summed E-state index contributed by atoms with van der Waals surface area (Å²) in [6.45, 7) is 4.59. The van der Waals surface area contributed by atoms with Crippen LogP contribution in [0.3, 0.4) is 0 Å². The van der Waals surface area contributed by atoms with Gasteiger partial charge in [0.25, 0.3) is 5.91 Å². The van der Waals surface area contributed by atoms with Gasteiger partial charge in [-0.1, -0.05) is 37.6 Å². The lowest BCUT2D eigenvalue weighted by Crippen LogP contribution is -2.33. The maximum Gasteiger partial charge on any atom is 0.343 e. The summed E-state index contributed by atoms with van der Waals surface area (Å²) >= 11 is 0. The number of carbonyl (C=O) groups excluding carboxylic acids is 4. The van der Waals surface area contributed by atoms with E-state index in [1.54, 1.807) is 54.6 Å². The number of unbranched alkanes of at least 4 members (excludes halogenated alkanes) is 1. The fourth-order valence-corrected chi connectivity index (χ4v) is 4.14. The molecule has 3 amide bonds. The van der Waals surface area contributed by atoms with Crippen LogP contribution in [0.5, 0.6) is 17.2 Å². The molecule has 4 aromatic carbocycles. The molecule has 0 aromatic heterocycles. The molecule has 0 radical (unpaired) electrons. The van der Waals surface area contributed by atoms with Gasteiger partial charge < -0.3 is 24.8 Å². The summed E-state index contributed by atoms with van der Waals surface area (Å²) in [4.78, 5) is 50.5. The maximum atomic E-state index is 12.9. The number of amides is 3. The number of benzene rings is 4. The average Bonchev–Trinajstić information content (AvgIpc) is 3.06. The second-order valence-corrected chi connectivity index (χ2v) is 10.0. The van der Waals surface area contributed by atoms with E-state index in [0.717, 1.165) is 18.4 Å². The molecule has 4 aromatic rings. The normalized spacial score (nSPS) is 10.6. The molecule has 0 saturated heterocycles. The van der Waals surface area contributed by atoms with Crippen molar-refractivity contribution in [3.8, 4) is 17.2 Å². The highest BCUT2D eigenvalue weighted by molar-refractivity contribution is 6.40. The molecule has 0 unspecified atom stereocenters. The molecule has 0 aliphatic rings. The number of hydrogen-bond donors (Lipinski definition) is 3. The number of ether oxygens (including phenoxy) is 3. The van der Waals surface area contributed by atoms with Crippen LogP contribution in [0.2, 0.25) is 0 Å². The van der Waals surface area contributed by atoms with Crippen molar-refractivity contribution in [1.29, 1.82) is 0 Å². The summed E-state index contributed by atoms with van der Waals surface area (Å²) in [5, 5.41) is 9.06. The van der Waals surface area contributed by atoms with Crippen LogP contribution < -0.4 is 30.3 Å². The van der Waals surface area contributed by atoms with Gasteiger partial charge in [-0.25, -0.2) is 10.2 Å². The SMILES string of the molecule is CCCCOc1ccc(C(=O)Oc2ccc(/C=N\NC(=O)C(=O)Nc3ccccc3C(=O)Nc3cccc(C)c3)cc2OC)cc1. The first kappa shape index (κ1) is 32.9. The molecule has 11 nitrogen and oxygen atoms in total. The number of esters is 1. The molecule has 0 aliphatic heterocycles. The number of rotatable bonds is 12. The molecule has 0 bridgehead atoms. The Morgan fingerprint density at radius 3 is 2.35 bits per heavy atom. The highest BCUT2D eigenvalue weighted by Crippen LogP contribution is 2.28. The zero-order chi connectivity index (χ0) is 32.9. The van der Waals surface area contributed by atoms with E-state index in [0.29, 0.717) is 29.2 Å². The molecular weight excluding hydrogens is 588 g/mol. The number of carbonyl (C=O) groups is 4. The molecule has 0 saturated carbocycles.